The first-order valence-electron chi connectivity index (χ1n) is 9.39. The van der Waals surface area contributed by atoms with E-state index in [-0.39, 0.29) is 5.56 Å². The summed E-state index contributed by atoms with van der Waals surface area (Å²) in [6.45, 7) is 4.73. The van der Waals surface area contributed by atoms with Gasteiger partial charge in [0.15, 0.2) is 0 Å². The highest BCUT2D eigenvalue weighted by atomic mass is 35.5. The minimum Gasteiger partial charge on any atom is -0.308 e. The molecule has 2 aromatic heterocycles. The maximum Gasteiger partial charge on any atom is 0.324 e. The van der Waals surface area contributed by atoms with Crippen LogP contribution in [0.4, 0.5) is 15.5 Å². The SMILES string of the molecule is Cc1c(NC(=O)Nc2ccc(Cl)c(Cl)c2)sc2nc3n(c(=O)c12)CC[C@H](C)CC3. The zero-order valence-electron chi connectivity index (χ0n) is 16.0. The molecule has 0 fully saturated rings. The summed E-state index contributed by atoms with van der Waals surface area (Å²) >= 11 is 13.2. The lowest BCUT2D eigenvalue weighted by atomic mass is 10.0. The van der Waals surface area contributed by atoms with Crippen molar-refractivity contribution in [3.63, 3.8) is 0 Å². The van der Waals surface area contributed by atoms with Gasteiger partial charge >= 0.3 is 6.03 Å². The van der Waals surface area contributed by atoms with Gasteiger partial charge in [-0.25, -0.2) is 9.78 Å². The molecule has 152 valence electrons. The number of fused-ring (bicyclic) bond motifs is 2. The first kappa shape index (κ1) is 20.2. The van der Waals surface area contributed by atoms with Gasteiger partial charge in [0.1, 0.15) is 15.7 Å². The summed E-state index contributed by atoms with van der Waals surface area (Å²) in [5, 5.41) is 7.51. The van der Waals surface area contributed by atoms with E-state index in [1.165, 1.54) is 11.3 Å². The van der Waals surface area contributed by atoms with Crippen LogP contribution < -0.4 is 16.2 Å². The molecule has 1 aliphatic rings. The molecule has 1 aliphatic heterocycles. The van der Waals surface area contributed by atoms with Crippen LogP contribution in [0.2, 0.25) is 10.0 Å². The van der Waals surface area contributed by atoms with Crippen molar-refractivity contribution in [3.8, 4) is 0 Å². The Morgan fingerprint density at radius 3 is 2.79 bits per heavy atom. The lowest BCUT2D eigenvalue weighted by Gasteiger charge is -2.08. The van der Waals surface area contributed by atoms with Crippen molar-refractivity contribution in [3.05, 3.63) is 50.0 Å². The Morgan fingerprint density at radius 1 is 1.24 bits per heavy atom. The van der Waals surface area contributed by atoms with Crippen LogP contribution in [0.5, 0.6) is 0 Å². The summed E-state index contributed by atoms with van der Waals surface area (Å²) in [5.41, 5.74) is 1.24. The Morgan fingerprint density at radius 2 is 2.03 bits per heavy atom. The van der Waals surface area contributed by atoms with Crippen LogP contribution in [-0.4, -0.2) is 15.6 Å². The van der Waals surface area contributed by atoms with Gasteiger partial charge in [0.2, 0.25) is 0 Å². The van der Waals surface area contributed by atoms with Crippen molar-refractivity contribution in [1.82, 2.24) is 9.55 Å². The van der Waals surface area contributed by atoms with E-state index in [0.29, 0.717) is 43.4 Å². The van der Waals surface area contributed by atoms with Crippen LogP contribution >= 0.6 is 34.5 Å². The van der Waals surface area contributed by atoms with Gasteiger partial charge in [0.05, 0.1) is 15.4 Å². The Bertz CT molecular complexity index is 1170. The van der Waals surface area contributed by atoms with Gasteiger partial charge in [0.25, 0.3) is 5.56 Å². The van der Waals surface area contributed by atoms with Crippen LogP contribution in [-0.2, 0) is 13.0 Å². The molecule has 6 nitrogen and oxygen atoms in total. The van der Waals surface area contributed by atoms with Gasteiger partial charge in [-0.3, -0.25) is 14.7 Å². The quantitative estimate of drug-likeness (QED) is 0.526. The van der Waals surface area contributed by atoms with Crippen LogP contribution in [0.3, 0.4) is 0 Å². The maximum atomic E-state index is 13.1. The number of anilines is 2. The average Bonchev–Trinajstić information content (AvgIpc) is 2.84. The summed E-state index contributed by atoms with van der Waals surface area (Å²) in [7, 11) is 0. The molecule has 9 heteroatoms. The number of aryl methyl sites for hydroxylation is 2. The highest BCUT2D eigenvalue weighted by molar-refractivity contribution is 7.22. The lowest BCUT2D eigenvalue weighted by Crippen LogP contribution is -2.24. The van der Waals surface area contributed by atoms with E-state index in [4.69, 9.17) is 28.2 Å². The molecule has 0 saturated heterocycles. The van der Waals surface area contributed by atoms with Gasteiger partial charge in [-0.1, -0.05) is 41.5 Å². The summed E-state index contributed by atoms with van der Waals surface area (Å²) in [4.78, 5) is 30.9. The molecule has 1 aromatic carbocycles. The molecule has 0 spiro atoms. The molecule has 0 radical (unpaired) electrons. The Hall–Kier alpha value is -2.09. The van der Waals surface area contributed by atoms with E-state index < -0.39 is 6.03 Å². The van der Waals surface area contributed by atoms with E-state index >= 15 is 0 Å². The van der Waals surface area contributed by atoms with E-state index in [1.807, 2.05) is 6.92 Å². The molecule has 3 heterocycles. The molecule has 29 heavy (non-hydrogen) atoms. The zero-order valence-corrected chi connectivity index (χ0v) is 18.3. The molecule has 0 aliphatic carbocycles. The largest absolute Gasteiger partial charge is 0.324 e. The number of aromatic nitrogens is 2. The van der Waals surface area contributed by atoms with Gasteiger partial charge < -0.3 is 5.32 Å². The fraction of sp³-hybridized carbons (Fsp3) is 0.350. The van der Waals surface area contributed by atoms with E-state index in [2.05, 4.69) is 17.6 Å². The summed E-state index contributed by atoms with van der Waals surface area (Å²) in [6, 6.07) is 4.43. The number of urea groups is 1. The van der Waals surface area contributed by atoms with E-state index in [9.17, 15) is 9.59 Å². The predicted molar refractivity (Wildman–Crippen MR) is 120 cm³/mol. The number of amides is 2. The number of nitrogens with one attached hydrogen (secondary N) is 2. The molecule has 1 atom stereocenters. The molecule has 4 rings (SSSR count). The molecule has 2 N–H and O–H groups in total. The number of nitrogens with zero attached hydrogens (tertiary/aromatic N) is 2. The lowest BCUT2D eigenvalue weighted by molar-refractivity contribution is 0.262. The Balaban J connectivity index is 1.62. The van der Waals surface area contributed by atoms with Crippen molar-refractivity contribution >= 4 is 61.5 Å². The molecule has 0 saturated carbocycles. The second-order valence-corrected chi connectivity index (χ2v) is 9.18. The summed E-state index contributed by atoms with van der Waals surface area (Å²) in [6.07, 6.45) is 2.80. The topological polar surface area (TPSA) is 76.0 Å². The summed E-state index contributed by atoms with van der Waals surface area (Å²) < 4.78 is 1.80. The molecule has 0 bridgehead atoms. The van der Waals surface area contributed by atoms with Crippen LogP contribution in [0.15, 0.2) is 23.0 Å². The van der Waals surface area contributed by atoms with E-state index in [1.54, 1.807) is 22.8 Å². The van der Waals surface area contributed by atoms with Crippen LogP contribution in [0.1, 0.15) is 31.2 Å². The number of hydrogen-bond acceptors (Lipinski definition) is 4. The van der Waals surface area contributed by atoms with Crippen molar-refractivity contribution < 1.29 is 4.79 Å². The molecule has 3 aromatic rings. The van der Waals surface area contributed by atoms with Gasteiger partial charge in [-0.15, -0.1) is 0 Å². The van der Waals surface area contributed by atoms with Crippen molar-refractivity contribution in [2.75, 3.05) is 10.6 Å². The fourth-order valence-electron chi connectivity index (χ4n) is 3.51. The number of benzene rings is 1. The number of hydrogen-bond donors (Lipinski definition) is 2. The van der Waals surface area contributed by atoms with Crippen LogP contribution in [0, 0.1) is 12.8 Å². The highest BCUT2D eigenvalue weighted by Gasteiger charge is 2.21. The monoisotopic (exact) mass is 450 g/mol. The standard InChI is InChI=1S/C20H20Cl2N4O2S/c1-10-3-6-15-24-18-16(19(27)26(15)8-7-10)11(2)17(29-18)25-20(28)23-12-4-5-13(21)14(22)9-12/h4-5,9-10H,3,6-8H2,1-2H3,(H2,23,25,28)/t10-/m1/s1. The van der Waals surface area contributed by atoms with Gasteiger partial charge in [-0.2, -0.15) is 0 Å². The minimum atomic E-state index is -0.423. The normalized spacial score (nSPS) is 16.3. The maximum absolute atomic E-state index is 13.1. The second-order valence-electron chi connectivity index (χ2n) is 7.36. The van der Waals surface area contributed by atoms with Crippen molar-refractivity contribution in [2.45, 2.75) is 39.7 Å². The predicted octanol–water partition coefficient (Wildman–Crippen LogP) is 5.69. The van der Waals surface area contributed by atoms with Gasteiger partial charge in [-0.05, 0) is 49.4 Å². The number of halogens is 2. The molecule has 2 amide bonds. The third-order valence-electron chi connectivity index (χ3n) is 5.24. The zero-order chi connectivity index (χ0) is 20.7. The van der Waals surface area contributed by atoms with Crippen LogP contribution in [0.25, 0.3) is 10.2 Å². The molecular formula is C20H20Cl2N4O2S. The third-order valence-corrected chi connectivity index (χ3v) is 7.08. The smallest absolute Gasteiger partial charge is 0.308 e. The highest BCUT2D eigenvalue weighted by Crippen LogP contribution is 2.33. The molecule has 0 unspecified atom stereocenters. The molecular weight excluding hydrogens is 431 g/mol. The first-order valence-corrected chi connectivity index (χ1v) is 11.0. The Kier molecular flexibility index (Phi) is 5.55. The first-order chi connectivity index (χ1) is 13.8. The minimum absolute atomic E-state index is 0.0224. The van der Waals surface area contributed by atoms with Gasteiger partial charge in [0, 0.05) is 18.7 Å². The van der Waals surface area contributed by atoms with Crippen molar-refractivity contribution in [2.24, 2.45) is 5.92 Å². The summed E-state index contributed by atoms with van der Waals surface area (Å²) in [5.74, 6) is 1.41. The number of thiophene rings is 1. The number of rotatable bonds is 2. The average molecular weight is 451 g/mol. The number of carbonyl (C=O) groups is 1. The third kappa shape index (κ3) is 3.99. The number of carbonyl (C=O) groups excluding carboxylic acids is 1. The second kappa shape index (κ2) is 7.97. The fourth-order valence-corrected chi connectivity index (χ4v) is 4.89. The Labute approximate surface area is 181 Å². The van der Waals surface area contributed by atoms with E-state index in [0.717, 1.165) is 30.7 Å². The van der Waals surface area contributed by atoms with Crippen molar-refractivity contribution in [1.29, 1.82) is 0 Å².